The number of amides is 1. The predicted octanol–water partition coefficient (Wildman–Crippen LogP) is 2.10. The number of rotatable bonds is 8. The van der Waals surface area contributed by atoms with Crippen LogP contribution < -0.4 is 15.4 Å². The van der Waals surface area contributed by atoms with E-state index >= 15 is 0 Å². The average molecular weight is 329 g/mol. The van der Waals surface area contributed by atoms with Crippen molar-refractivity contribution < 1.29 is 9.53 Å². The molecule has 0 spiro atoms. The van der Waals surface area contributed by atoms with Gasteiger partial charge in [-0.05, 0) is 33.2 Å². The maximum atomic E-state index is 12.3. The number of carbonyl (C=O) groups excluding carboxylic acids is 1. The summed E-state index contributed by atoms with van der Waals surface area (Å²) in [5.74, 6) is 0.862. The number of hydrogen-bond donors (Lipinski definition) is 2. The molecule has 24 heavy (non-hydrogen) atoms. The SMILES string of the molecule is CCOc1ccccc1NC(=O)c1cnc(NCCN(C)C)nc1. The minimum Gasteiger partial charge on any atom is -0.492 e. The Hall–Kier alpha value is -2.67. The van der Waals surface area contributed by atoms with Gasteiger partial charge in [-0.1, -0.05) is 12.1 Å². The molecule has 1 heterocycles. The third-order valence-electron chi connectivity index (χ3n) is 3.19. The lowest BCUT2D eigenvalue weighted by atomic mass is 10.2. The normalized spacial score (nSPS) is 10.5. The maximum Gasteiger partial charge on any atom is 0.258 e. The highest BCUT2D eigenvalue weighted by molar-refractivity contribution is 6.04. The summed E-state index contributed by atoms with van der Waals surface area (Å²) >= 11 is 0. The Morgan fingerprint density at radius 2 is 1.92 bits per heavy atom. The lowest BCUT2D eigenvalue weighted by Gasteiger charge is -2.12. The van der Waals surface area contributed by atoms with E-state index in [1.807, 2.05) is 39.2 Å². The Balaban J connectivity index is 1.98. The van der Waals surface area contributed by atoms with Crippen LogP contribution in [0.2, 0.25) is 0 Å². The highest BCUT2D eigenvalue weighted by Gasteiger charge is 2.10. The van der Waals surface area contributed by atoms with Crippen LogP contribution in [0.4, 0.5) is 11.6 Å². The number of likely N-dealkylation sites (N-methyl/N-ethyl adjacent to an activating group) is 1. The topological polar surface area (TPSA) is 79.4 Å². The van der Waals surface area contributed by atoms with Gasteiger partial charge in [0.2, 0.25) is 5.95 Å². The quantitative estimate of drug-likeness (QED) is 0.772. The van der Waals surface area contributed by atoms with Crippen LogP contribution >= 0.6 is 0 Å². The Morgan fingerprint density at radius 1 is 1.21 bits per heavy atom. The highest BCUT2D eigenvalue weighted by atomic mass is 16.5. The van der Waals surface area contributed by atoms with Crippen LogP contribution in [0.25, 0.3) is 0 Å². The monoisotopic (exact) mass is 329 g/mol. The van der Waals surface area contributed by atoms with Crippen molar-refractivity contribution in [3.63, 3.8) is 0 Å². The lowest BCUT2D eigenvalue weighted by molar-refractivity contribution is 0.102. The number of aromatic nitrogens is 2. The zero-order valence-corrected chi connectivity index (χ0v) is 14.2. The number of nitrogens with one attached hydrogen (secondary N) is 2. The van der Waals surface area contributed by atoms with E-state index in [1.165, 1.54) is 12.4 Å². The van der Waals surface area contributed by atoms with Crippen molar-refractivity contribution in [2.45, 2.75) is 6.92 Å². The summed E-state index contributed by atoms with van der Waals surface area (Å²) in [6.45, 7) is 4.04. The van der Waals surface area contributed by atoms with Crippen molar-refractivity contribution in [1.82, 2.24) is 14.9 Å². The second-order valence-corrected chi connectivity index (χ2v) is 5.41. The van der Waals surface area contributed by atoms with Crippen molar-refractivity contribution in [3.05, 3.63) is 42.2 Å². The second kappa shape index (κ2) is 8.83. The Kier molecular flexibility index (Phi) is 6.51. The highest BCUT2D eigenvalue weighted by Crippen LogP contribution is 2.24. The summed E-state index contributed by atoms with van der Waals surface area (Å²) < 4.78 is 5.50. The standard InChI is InChI=1S/C17H23N5O2/c1-4-24-15-8-6-5-7-14(15)21-16(23)13-11-19-17(20-12-13)18-9-10-22(2)3/h5-8,11-12H,4,9-10H2,1-3H3,(H,21,23)(H,18,19,20). The predicted molar refractivity (Wildman–Crippen MR) is 94.6 cm³/mol. The molecule has 2 aromatic rings. The molecule has 7 heteroatoms. The molecule has 0 saturated carbocycles. The van der Waals surface area contributed by atoms with Crippen LogP contribution in [0.1, 0.15) is 17.3 Å². The van der Waals surface area contributed by atoms with Gasteiger partial charge in [0.05, 0.1) is 17.9 Å². The fourth-order valence-corrected chi connectivity index (χ4v) is 1.97. The van der Waals surface area contributed by atoms with Gasteiger partial charge in [0.15, 0.2) is 0 Å². The molecule has 2 rings (SSSR count). The molecule has 0 bridgehead atoms. The van der Waals surface area contributed by atoms with Crippen molar-refractivity contribution in [2.24, 2.45) is 0 Å². The number of para-hydroxylation sites is 2. The van der Waals surface area contributed by atoms with Gasteiger partial charge in [0, 0.05) is 25.5 Å². The molecule has 2 N–H and O–H groups in total. The average Bonchev–Trinajstić information content (AvgIpc) is 2.57. The minimum absolute atomic E-state index is 0.276. The molecule has 1 aromatic heterocycles. The molecule has 0 saturated heterocycles. The summed E-state index contributed by atoms with van der Waals surface area (Å²) in [7, 11) is 3.99. The van der Waals surface area contributed by atoms with Crippen LogP contribution in [0.15, 0.2) is 36.7 Å². The van der Waals surface area contributed by atoms with Crippen LogP contribution in [-0.2, 0) is 0 Å². The molecule has 1 aromatic carbocycles. The van der Waals surface area contributed by atoms with E-state index in [4.69, 9.17) is 4.74 Å². The fourth-order valence-electron chi connectivity index (χ4n) is 1.97. The van der Waals surface area contributed by atoms with E-state index in [2.05, 4.69) is 25.5 Å². The third-order valence-corrected chi connectivity index (χ3v) is 3.19. The van der Waals surface area contributed by atoms with Gasteiger partial charge in [0.25, 0.3) is 5.91 Å². The Labute approximate surface area is 142 Å². The summed E-state index contributed by atoms with van der Waals surface area (Å²) in [6, 6.07) is 7.30. The van der Waals surface area contributed by atoms with Crippen molar-refractivity contribution in [2.75, 3.05) is 44.4 Å². The van der Waals surface area contributed by atoms with Gasteiger partial charge in [-0.25, -0.2) is 9.97 Å². The molecule has 0 aliphatic carbocycles. The van der Waals surface area contributed by atoms with Gasteiger partial charge in [-0.3, -0.25) is 4.79 Å². The smallest absolute Gasteiger partial charge is 0.258 e. The number of ether oxygens (including phenoxy) is 1. The van der Waals surface area contributed by atoms with Crippen molar-refractivity contribution in [1.29, 1.82) is 0 Å². The molecule has 0 unspecified atom stereocenters. The Bertz CT molecular complexity index is 658. The van der Waals surface area contributed by atoms with E-state index < -0.39 is 0 Å². The van der Waals surface area contributed by atoms with Gasteiger partial charge < -0.3 is 20.3 Å². The van der Waals surface area contributed by atoms with E-state index in [1.54, 1.807) is 6.07 Å². The fraction of sp³-hybridized carbons (Fsp3) is 0.353. The minimum atomic E-state index is -0.276. The molecule has 0 atom stereocenters. The summed E-state index contributed by atoms with van der Waals surface area (Å²) in [4.78, 5) is 22.7. The van der Waals surface area contributed by atoms with Crippen LogP contribution in [0.5, 0.6) is 5.75 Å². The largest absolute Gasteiger partial charge is 0.492 e. The van der Waals surface area contributed by atoms with Gasteiger partial charge >= 0.3 is 0 Å². The number of nitrogens with zero attached hydrogens (tertiary/aromatic N) is 3. The molecule has 128 valence electrons. The summed E-state index contributed by atoms with van der Waals surface area (Å²) in [5, 5.41) is 5.92. The first-order valence-electron chi connectivity index (χ1n) is 7.84. The van der Waals surface area contributed by atoms with Crippen LogP contribution in [0.3, 0.4) is 0 Å². The lowest BCUT2D eigenvalue weighted by Crippen LogP contribution is -2.21. The first-order chi connectivity index (χ1) is 11.6. The Morgan fingerprint density at radius 3 is 2.58 bits per heavy atom. The zero-order valence-electron chi connectivity index (χ0n) is 14.2. The number of hydrogen-bond acceptors (Lipinski definition) is 6. The molecule has 0 radical (unpaired) electrons. The van der Waals surface area contributed by atoms with Gasteiger partial charge in [-0.15, -0.1) is 0 Å². The number of benzene rings is 1. The van der Waals surface area contributed by atoms with Crippen LogP contribution in [-0.4, -0.2) is 54.6 Å². The van der Waals surface area contributed by atoms with Crippen molar-refractivity contribution >= 4 is 17.5 Å². The maximum absolute atomic E-state index is 12.3. The van der Waals surface area contributed by atoms with E-state index in [0.717, 1.165) is 13.1 Å². The first kappa shape index (κ1) is 17.7. The summed E-state index contributed by atoms with van der Waals surface area (Å²) in [6.07, 6.45) is 3.01. The number of anilines is 2. The zero-order chi connectivity index (χ0) is 17.4. The third kappa shape index (κ3) is 5.20. The van der Waals surface area contributed by atoms with Gasteiger partial charge in [-0.2, -0.15) is 0 Å². The van der Waals surface area contributed by atoms with Crippen LogP contribution in [0, 0.1) is 0 Å². The summed E-state index contributed by atoms with van der Waals surface area (Å²) in [5.41, 5.74) is 1.01. The molecule has 7 nitrogen and oxygen atoms in total. The van der Waals surface area contributed by atoms with E-state index in [0.29, 0.717) is 29.6 Å². The first-order valence-corrected chi connectivity index (χ1v) is 7.84. The molecule has 0 fully saturated rings. The molecule has 1 amide bonds. The molecular weight excluding hydrogens is 306 g/mol. The van der Waals surface area contributed by atoms with E-state index in [9.17, 15) is 4.79 Å². The van der Waals surface area contributed by atoms with E-state index in [-0.39, 0.29) is 5.91 Å². The number of carbonyl (C=O) groups is 1. The molecule has 0 aliphatic rings. The second-order valence-electron chi connectivity index (χ2n) is 5.41. The molecule has 0 aliphatic heterocycles. The van der Waals surface area contributed by atoms with Crippen molar-refractivity contribution in [3.8, 4) is 5.75 Å². The molecular formula is C17H23N5O2. The van der Waals surface area contributed by atoms with Gasteiger partial charge in [0.1, 0.15) is 5.75 Å².